The molecule has 1 N–H and O–H groups in total. The van der Waals surface area contributed by atoms with Gasteiger partial charge in [-0.05, 0) is 31.8 Å². The highest BCUT2D eigenvalue weighted by molar-refractivity contribution is 5.23. The summed E-state index contributed by atoms with van der Waals surface area (Å²) < 4.78 is 0. The number of rotatable bonds is 7. The summed E-state index contributed by atoms with van der Waals surface area (Å²) in [7, 11) is 2.01. The van der Waals surface area contributed by atoms with Gasteiger partial charge in [-0.25, -0.2) is 0 Å². The molecule has 0 rings (SSSR count). The topological polar surface area (TPSA) is 12.0 Å². The van der Waals surface area contributed by atoms with Gasteiger partial charge in [-0.15, -0.1) is 0 Å². The molecule has 0 atom stereocenters. The minimum atomic E-state index is 0.580. The molecule has 0 heterocycles. The SMILES string of the molecule is C/C=C(\C=C(\NC)C(C)C)CCCCC. The van der Waals surface area contributed by atoms with Gasteiger partial charge in [-0.1, -0.05) is 45.3 Å². The molecule has 88 valence electrons. The lowest BCUT2D eigenvalue weighted by molar-refractivity contribution is 0.689. The maximum absolute atomic E-state index is 3.28. The van der Waals surface area contributed by atoms with E-state index in [0.29, 0.717) is 5.92 Å². The van der Waals surface area contributed by atoms with Crippen molar-refractivity contribution in [1.29, 1.82) is 0 Å². The summed E-state index contributed by atoms with van der Waals surface area (Å²) in [5.41, 5.74) is 2.79. The molecule has 0 aliphatic heterocycles. The van der Waals surface area contributed by atoms with Crippen molar-refractivity contribution in [2.75, 3.05) is 7.05 Å². The Labute approximate surface area is 95.7 Å². The van der Waals surface area contributed by atoms with Crippen molar-refractivity contribution in [2.24, 2.45) is 5.92 Å². The number of hydrogen-bond acceptors (Lipinski definition) is 1. The van der Waals surface area contributed by atoms with Crippen molar-refractivity contribution >= 4 is 0 Å². The van der Waals surface area contributed by atoms with Crippen LogP contribution >= 0.6 is 0 Å². The molecular formula is C14H27N. The van der Waals surface area contributed by atoms with Gasteiger partial charge in [0.15, 0.2) is 0 Å². The average molecular weight is 209 g/mol. The first-order chi connectivity index (χ1) is 7.15. The van der Waals surface area contributed by atoms with Crippen LogP contribution in [0.1, 0.15) is 53.4 Å². The fourth-order valence-corrected chi connectivity index (χ4v) is 1.61. The Bertz CT molecular complexity index is 211. The Hall–Kier alpha value is -0.720. The summed E-state index contributed by atoms with van der Waals surface area (Å²) in [5.74, 6) is 0.580. The van der Waals surface area contributed by atoms with Crippen LogP contribution in [0.5, 0.6) is 0 Å². The van der Waals surface area contributed by atoms with Crippen LogP contribution in [0.25, 0.3) is 0 Å². The van der Waals surface area contributed by atoms with E-state index in [1.54, 1.807) is 0 Å². The van der Waals surface area contributed by atoms with E-state index >= 15 is 0 Å². The minimum Gasteiger partial charge on any atom is -0.391 e. The van der Waals surface area contributed by atoms with Crippen LogP contribution < -0.4 is 5.32 Å². The second kappa shape index (κ2) is 8.58. The van der Waals surface area contributed by atoms with Gasteiger partial charge in [0, 0.05) is 12.7 Å². The van der Waals surface area contributed by atoms with E-state index in [0.717, 1.165) is 0 Å². The Morgan fingerprint density at radius 3 is 2.33 bits per heavy atom. The predicted molar refractivity (Wildman–Crippen MR) is 69.9 cm³/mol. The Morgan fingerprint density at radius 2 is 1.93 bits per heavy atom. The van der Waals surface area contributed by atoms with Crippen LogP contribution in [0.3, 0.4) is 0 Å². The zero-order valence-corrected chi connectivity index (χ0v) is 11.1. The highest BCUT2D eigenvalue weighted by Crippen LogP contribution is 2.15. The van der Waals surface area contributed by atoms with E-state index in [2.05, 4.69) is 45.2 Å². The molecule has 1 heteroatoms. The van der Waals surface area contributed by atoms with E-state index in [4.69, 9.17) is 0 Å². The molecule has 0 fully saturated rings. The van der Waals surface area contributed by atoms with Gasteiger partial charge in [-0.3, -0.25) is 0 Å². The molecule has 0 bridgehead atoms. The highest BCUT2D eigenvalue weighted by Gasteiger charge is 2.01. The lowest BCUT2D eigenvalue weighted by Gasteiger charge is -2.12. The standard InChI is InChI=1S/C14H27N/c1-6-8-9-10-13(7-2)11-14(15-5)12(3)4/h7,11-12,15H,6,8-10H2,1-5H3/b13-7-,14-11+. The maximum atomic E-state index is 3.28. The Balaban J connectivity index is 4.29. The van der Waals surface area contributed by atoms with E-state index < -0.39 is 0 Å². The lowest BCUT2D eigenvalue weighted by atomic mass is 10.0. The second-order valence-corrected chi connectivity index (χ2v) is 4.33. The van der Waals surface area contributed by atoms with Gasteiger partial charge in [0.1, 0.15) is 0 Å². The summed E-state index contributed by atoms with van der Waals surface area (Å²) in [6.45, 7) is 8.83. The van der Waals surface area contributed by atoms with Crippen LogP contribution in [0, 0.1) is 5.92 Å². The van der Waals surface area contributed by atoms with E-state index in [-0.39, 0.29) is 0 Å². The number of nitrogens with one attached hydrogen (secondary N) is 1. The number of unbranched alkanes of at least 4 members (excludes halogenated alkanes) is 2. The third kappa shape index (κ3) is 6.38. The molecule has 0 aliphatic rings. The molecule has 0 unspecified atom stereocenters. The van der Waals surface area contributed by atoms with Gasteiger partial charge >= 0.3 is 0 Å². The van der Waals surface area contributed by atoms with Gasteiger partial charge in [0.2, 0.25) is 0 Å². The summed E-state index contributed by atoms with van der Waals surface area (Å²) in [5, 5.41) is 3.28. The van der Waals surface area contributed by atoms with Crippen LogP contribution in [0.4, 0.5) is 0 Å². The smallest absolute Gasteiger partial charge is 0.0133 e. The predicted octanol–water partition coefficient (Wildman–Crippen LogP) is 4.27. The molecule has 0 amide bonds. The molecule has 0 saturated heterocycles. The van der Waals surface area contributed by atoms with E-state index in [9.17, 15) is 0 Å². The molecule has 0 aromatic rings. The third-order valence-corrected chi connectivity index (χ3v) is 2.69. The quantitative estimate of drug-likeness (QED) is 0.487. The van der Waals surface area contributed by atoms with Gasteiger partial charge in [-0.2, -0.15) is 0 Å². The van der Waals surface area contributed by atoms with Crippen LogP contribution in [-0.4, -0.2) is 7.05 Å². The highest BCUT2D eigenvalue weighted by atomic mass is 14.8. The monoisotopic (exact) mass is 209 g/mol. The minimum absolute atomic E-state index is 0.580. The van der Waals surface area contributed by atoms with Crippen LogP contribution in [0.2, 0.25) is 0 Å². The Morgan fingerprint density at radius 1 is 1.27 bits per heavy atom. The van der Waals surface area contributed by atoms with Crippen molar-refractivity contribution in [3.8, 4) is 0 Å². The van der Waals surface area contributed by atoms with Crippen molar-refractivity contribution < 1.29 is 0 Å². The van der Waals surface area contributed by atoms with E-state index in [1.807, 2.05) is 7.05 Å². The largest absolute Gasteiger partial charge is 0.391 e. The van der Waals surface area contributed by atoms with E-state index in [1.165, 1.54) is 37.0 Å². The first kappa shape index (κ1) is 14.3. The first-order valence-electron chi connectivity index (χ1n) is 6.20. The van der Waals surface area contributed by atoms with Crippen molar-refractivity contribution in [3.05, 3.63) is 23.4 Å². The fraction of sp³-hybridized carbons (Fsp3) is 0.714. The molecule has 0 saturated carbocycles. The average Bonchev–Trinajstić information content (AvgIpc) is 2.22. The summed E-state index contributed by atoms with van der Waals surface area (Å²) in [6.07, 6.45) is 9.69. The molecular weight excluding hydrogens is 182 g/mol. The lowest BCUT2D eigenvalue weighted by Crippen LogP contribution is -2.11. The molecule has 0 radical (unpaired) electrons. The zero-order chi connectivity index (χ0) is 11.7. The summed E-state index contributed by atoms with van der Waals surface area (Å²) in [6, 6.07) is 0. The molecule has 1 nitrogen and oxygen atoms in total. The number of hydrogen-bond donors (Lipinski definition) is 1. The normalized spacial score (nSPS) is 13.5. The van der Waals surface area contributed by atoms with Crippen molar-refractivity contribution in [1.82, 2.24) is 5.32 Å². The second-order valence-electron chi connectivity index (χ2n) is 4.33. The third-order valence-electron chi connectivity index (χ3n) is 2.69. The molecule has 0 spiro atoms. The molecule has 0 aromatic carbocycles. The molecule has 15 heavy (non-hydrogen) atoms. The fourth-order valence-electron chi connectivity index (χ4n) is 1.61. The molecule has 0 aromatic heterocycles. The van der Waals surface area contributed by atoms with Crippen molar-refractivity contribution in [2.45, 2.75) is 53.4 Å². The van der Waals surface area contributed by atoms with Gasteiger partial charge < -0.3 is 5.32 Å². The zero-order valence-electron chi connectivity index (χ0n) is 11.1. The summed E-state index contributed by atoms with van der Waals surface area (Å²) in [4.78, 5) is 0. The molecule has 0 aliphatic carbocycles. The van der Waals surface area contributed by atoms with Gasteiger partial charge in [0.05, 0.1) is 0 Å². The number of allylic oxidation sites excluding steroid dienone is 4. The van der Waals surface area contributed by atoms with Crippen LogP contribution in [0.15, 0.2) is 23.4 Å². The van der Waals surface area contributed by atoms with Crippen LogP contribution in [-0.2, 0) is 0 Å². The van der Waals surface area contributed by atoms with Crippen molar-refractivity contribution in [3.63, 3.8) is 0 Å². The maximum Gasteiger partial charge on any atom is 0.0133 e. The Kier molecular flexibility index (Phi) is 8.17. The van der Waals surface area contributed by atoms with Gasteiger partial charge in [0.25, 0.3) is 0 Å². The first-order valence-corrected chi connectivity index (χ1v) is 6.20. The summed E-state index contributed by atoms with van der Waals surface area (Å²) >= 11 is 0.